The maximum Gasteiger partial charge on any atom is 0.381 e. The minimum absolute atomic E-state index is 0.0417. The third kappa shape index (κ3) is 23.5. The van der Waals surface area contributed by atoms with Crippen LogP contribution in [0.2, 0.25) is 0 Å². The zero-order valence-electron chi connectivity index (χ0n) is 57.9. The highest BCUT2D eigenvalue weighted by molar-refractivity contribution is 5.99. The molecule has 0 spiro atoms. The summed E-state index contributed by atoms with van der Waals surface area (Å²) in [6.45, 7) is 27.4. The fraction of sp³-hybridized carbons (Fsp3) is 0.788. The lowest BCUT2D eigenvalue weighted by atomic mass is 9.84. The maximum absolute atomic E-state index is 15.2. The van der Waals surface area contributed by atoms with Gasteiger partial charge >= 0.3 is 5.97 Å². The molecule has 23 heteroatoms. The van der Waals surface area contributed by atoms with E-state index in [2.05, 4.69) is 11.2 Å². The van der Waals surface area contributed by atoms with Crippen molar-refractivity contribution in [2.45, 2.75) is 223 Å². The molecule has 0 aromatic carbocycles. The van der Waals surface area contributed by atoms with Gasteiger partial charge in [0, 0.05) is 92.3 Å². The van der Waals surface area contributed by atoms with E-state index in [1.807, 2.05) is 61.3 Å². The molecule has 1 unspecified atom stereocenters. The number of ketones is 3. The van der Waals surface area contributed by atoms with Crippen LogP contribution in [-0.4, -0.2) is 231 Å². The number of Topliss-reactive ketones (excluding diaryl/α,β-unsaturated/α-hetero) is 3. The second-order valence-corrected chi connectivity index (χ2v) is 27.6. The molecule has 1 saturated heterocycles. The Balaban J connectivity index is 4.39. The molecule has 506 valence electrons. The Labute approximate surface area is 531 Å². The largest absolute Gasteiger partial charge is 0.472 e. The summed E-state index contributed by atoms with van der Waals surface area (Å²) >= 11 is 0. The van der Waals surface area contributed by atoms with Crippen LogP contribution in [0.15, 0.2) is 0 Å². The van der Waals surface area contributed by atoms with Crippen LogP contribution in [0.5, 0.6) is 0 Å². The first-order chi connectivity index (χ1) is 41.0. The highest BCUT2D eigenvalue weighted by atomic mass is 16.4. The third-order valence-electron chi connectivity index (χ3n) is 17.3. The van der Waals surface area contributed by atoms with E-state index in [1.54, 1.807) is 34.6 Å². The van der Waals surface area contributed by atoms with Crippen LogP contribution < -0.4 is 5.32 Å². The van der Waals surface area contributed by atoms with Gasteiger partial charge in [-0.2, -0.15) is 0 Å². The van der Waals surface area contributed by atoms with E-state index in [0.717, 1.165) is 9.80 Å². The number of aliphatic hydroxyl groups excluding tert-OH is 2. The minimum Gasteiger partial charge on any atom is -0.472 e. The molecule has 0 radical (unpaired) electrons. The summed E-state index contributed by atoms with van der Waals surface area (Å²) in [7, 11) is 9.81. The summed E-state index contributed by atoms with van der Waals surface area (Å²) < 4.78 is 0. The number of hydrogen-bond donors (Lipinski definition) is 4. The summed E-state index contributed by atoms with van der Waals surface area (Å²) in [5.41, 5.74) is 0. The molecule has 0 saturated carbocycles. The van der Waals surface area contributed by atoms with Crippen LogP contribution in [0.25, 0.3) is 0 Å². The molecule has 1 heterocycles. The molecule has 1 aliphatic rings. The van der Waals surface area contributed by atoms with E-state index in [4.69, 9.17) is 5.11 Å². The number of rotatable bonds is 15. The smallest absolute Gasteiger partial charge is 0.381 e. The Bertz CT molecular complexity index is 2540. The number of hydrogen-bond acceptors (Lipinski definition) is 14. The summed E-state index contributed by atoms with van der Waals surface area (Å²) in [4.78, 5) is 181. The first-order valence-corrected chi connectivity index (χ1v) is 31.8. The first-order valence-electron chi connectivity index (χ1n) is 31.8. The van der Waals surface area contributed by atoms with Gasteiger partial charge in [-0.15, -0.1) is 0 Å². The predicted octanol–water partition coefficient (Wildman–Crippen LogP) is 4.41. The lowest BCUT2D eigenvalue weighted by Crippen LogP contribution is -2.62. The standard InChI is InChI=1S/C66H112N8O15/c1-24-45-33-54(78)58(59(82)42(14)31-46(75)25-26-56(80)81)74(23)66(89)57(41(12)13)73(22)65(88)51(30-39(8)9)72(21)64(87)50(29-38(6)7)71(20)61(84)44(16)67-60(83)43(15)32-52(76)49(28-37(4)5)70(19)63(86)47(40(10)11)34-53(77)48(27-36(2)3)69(18)55(79)35-68(17)62(45)85/h36-51,57-59,75,82H,24,27-35H2,1-23H3,(H,67,83)(H,80,81)/t42-,43-,44-,45-,46?,47+,48+,49+,50+,51+,57+,58-,59-/m1/s1. The lowest BCUT2D eigenvalue weighted by Gasteiger charge is -2.41. The van der Waals surface area contributed by atoms with Crippen molar-refractivity contribution in [1.29, 1.82) is 0 Å². The van der Waals surface area contributed by atoms with Crippen LogP contribution in [0.1, 0.15) is 169 Å². The molecule has 1 fully saturated rings. The van der Waals surface area contributed by atoms with Gasteiger partial charge < -0.3 is 54.9 Å². The molecule has 1 aliphatic heterocycles. The number of nitrogens with one attached hydrogen (secondary N) is 1. The number of likely N-dealkylation sites (N-methyl/N-ethyl adjacent to an activating group) is 7. The first kappa shape index (κ1) is 80.7. The number of aliphatic hydroxyl groups is 2. The van der Waals surface area contributed by atoms with Gasteiger partial charge in [0.2, 0.25) is 47.3 Å². The molecule has 13 atom stereocenters. The Hall–Kier alpha value is -6.28. The van der Waals surface area contributed by atoms with Crippen LogP contribution in [0.3, 0.4) is 0 Å². The molecular formula is C66H112N8O15. The van der Waals surface area contributed by atoms with Crippen LogP contribution in [0, 0.1) is 71.0 Å². The van der Waals surface area contributed by atoms with Crippen molar-refractivity contribution >= 4 is 70.6 Å². The predicted molar refractivity (Wildman–Crippen MR) is 339 cm³/mol. The van der Waals surface area contributed by atoms with Gasteiger partial charge in [0.05, 0.1) is 24.7 Å². The molecule has 4 N–H and O–H groups in total. The van der Waals surface area contributed by atoms with Crippen molar-refractivity contribution in [3.63, 3.8) is 0 Å². The van der Waals surface area contributed by atoms with E-state index in [-0.39, 0.29) is 75.0 Å². The van der Waals surface area contributed by atoms with E-state index in [1.165, 1.54) is 94.6 Å². The van der Waals surface area contributed by atoms with Crippen molar-refractivity contribution in [2.24, 2.45) is 59.2 Å². The number of carboxylic acid groups (broad SMARTS) is 1. The molecule has 1 rings (SSSR count). The number of aliphatic carboxylic acids is 1. The number of nitrogens with zero attached hydrogens (tertiary/aromatic N) is 7. The molecule has 0 aliphatic carbocycles. The highest BCUT2D eigenvalue weighted by Gasteiger charge is 2.46. The van der Waals surface area contributed by atoms with Gasteiger partial charge in [-0.05, 0) is 86.9 Å². The van der Waals surface area contributed by atoms with E-state index in [9.17, 15) is 58.2 Å². The third-order valence-corrected chi connectivity index (χ3v) is 17.3. The number of carboxylic acids is 1. The average Bonchev–Trinajstić information content (AvgIpc) is 0.940. The molecule has 0 bridgehead atoms. The Morgan fingerprint density at radius 3 is 1.39 bits per heavy atom. The Morgan fingerprint density at radius 2 is 0.944 bits per heavy atom. The number of carbonyl (C=O) groups is 12. The summed E-state index contributed by atoms with van der Waals surface area (Å²) in [5, 5.41) is 34.8. The zero-order chi connectivity index (χ0) is 69.1. The van der Waals surface area contributed by atoms with Gasteiger partial charge in [0.15, 0.2) is 17.3 Å². The fourth-order valence-electron chi connectivity index (χ4n) is 11.7. The monoisotopic (exact) mass is 1260 g/mol. The molecule has 8 amide bonds. The van der Waals surface area contributed by atoms with E-state index in [0.29, 0.717) is 0 Å². The summed E-state index contributed by atoms with van der Waals surface area (Å²) in [5.74, 6) is -10.1. The van der Waals surface area contributed by atoms with E-state index < -0.39 is 174 Å². The highest BCUT2D eigenvalue weighted by Crippen LogP contribution is 2.29. The quantitative estimate of drug-likeness (QED) is 0.165. The summed E-state index contributed by atoms with van der Waals surface area (Å²) in [6, 6.07) is -8.74. The number of amides is 8. The SMILES string of the molecule is CC[C@@H]1CC(=O)[C@H]([C@H](O)[C@H](C)CC(O)C#CC(=O)O)N(C)C(=O)[C@H](C(C)C)N(C)C(=O)[C@H](CC(C)C)N(C)C(=O)[C@H](CC(C)C)N(C)C(=O)[C@@H](C)NC(=O)[C@H](C)CC(=O)[C@H](CC(C)C)N(C)C(=O)[C@H](C(C)C)CC(=O)[C@H](CC(C)C)N(C)C(=O)CN(C)C1=O. The Morgan fingerprint density at radius 1 is 0.517 bits per heavy atom. The molecular weight excluding hydrogens is 1140 g/mol. The van der Waals surface area contributed by atoms with Gasteiger partial charge in [-0.3, -0.25) is 52.7 Å². The summed E-state index contributed by atoms with van der Waals surface area (Å²) in [6.07, 6.45) is -4.21. The zero-order valence-corrected chi connectivity index (χ0v) is 57.9. The van der Waals surface area contributed by atoms with Crippen LogP contribution in [-0.2, 0) is 57.5 Å². The fourth-order valence-corrected chi connectivity index (χ4v) is 11.7. The van der Waals surface area contributed by atoms with Gasteiger partial charge in [-0.25, -0.2) is 4.79 Å². The maximum atomic E-state index is 15.2. The molecule has 0 aromatic rings. The van der Waals surface area contributed by atoms with Crippen molar-refractivity contribution in [3.05, 3.63) is 0 Å². The second kappa shape index (κ2) is 36.5. The Kier molecular flexibility index (Phi) is 33.1. The minimum atomic E-state index is -1.78. The number of carbonyl (C=O) groups excluding carboxylic acids is 11. The van der Waals surface area contributed by atoms with Crippen molar-refractivity contribution < 1.29 is 72.9 Å². The van der Waals surface area contributed by atoms with Crippen LogP contribution >= 0.6 is 0 Å². The van der Waals surface area contributed by atoms with Gasteiger partial charge in [-0.1, -0.05) is 110 Å². The van der Waals surface area contributed by atoms with Crippen molar-refractivity contribution in [2.75, 3.05) is 55.9 Å². The molecule has 0 aromatic heterocycles. The lowest BCUT2D eigenvalue weighted by molar-refractivity contribution is -0.157. The normalized spacial score (nSPS) is 26.6. The van der Waals surface area contributed by atoms with E-state index >= 15 is 9.59 Å². The van der Waals surface area contributed by atoms with Gasteiger partial charge in [0.25, 0.3) is 0 Å². The molecule has 23 nitrogen and oxygen atoms in total. The second-order valence-electron chi connectivity index (χ2n) is 27.6. The van der Waals surface area contributed by atoms with Crippen molar-refractivity contribution in [1.82, 2.24) is 39.6 Å². The topological polar surface area (TPSA) is 300 Å². The van der Waals surface area contributed by atoms with Gasteiger partial charge in [0.1, 0.15) is 36.3 Å². The average molecular weight is 1260 g/mol. The van der Waals surface area contributed by atoms with Crippen molar-refractivity contribution in [3.8, 4) is 11.8 Å². The van der Waals surface area contributed by atoms with Crippen LogP contribution in [0.4, 0.5) is 0 Å². The molecule has 89 heavy (non-hydrogen) atoms.